The van der Waals surface area contributed by atoms with E-state index in [-0.39, 0.29) is 6.04 Å². The number of aryl methyl sites for hydroxylation is 1. The molecule has 1 aliphatic rings. The lowest BCUT2D eigenvalue weighted by Gasteiger charge is -2.12. The summed E-state index contributed by atoms with van der Waals surface area (Å²) in [5.74, 6) is -1.21. The number of hydrogen-bond acceptors (Lipinski definition) is 4. The van der Waals surface area contributed by atoms with Gasteiger partial charge in [-0.25, -0.2) is 9.59 Å². The van der Waals surface area contributed by atoms with Gasteiger partial charge >= 0.3 is 12.0 Å². The number of carbonyl (C=O) groups is 3. The highest BCUT2D eigenvalue weighted by Gasteiger charge is 2.19. The molecule has 0 radical (unpaired) electrons. The number of urea groups is 1. The van der Waals surface area contributed by atoms with E-state index in [2.05, 4.69) is 10.6 Å². The number of carbonyl (C=O) groups excluding carboxylic acids is 3. The van der Waals surface area contributed by atoms with Crippen LogP contribution in [-0.4, -0.2) is 30.6 Å². The molecule has 0 bridgehead atoms. The molecule has 23 heavy (non-hydrogen) atoms. The van der Waals surface area contributed by atoms with Crippen LogP contribution in [0.15, 0.2) is 18.2 Å². The molecule has 1 fully saturated rings. The Morgan fingerprint density at radius 1 is 1.17 bits per heavy atom. The molecule has 2 rings (SSSR count). The fourth-order valence-corrected chi connectivity index (χ4v) is 2.64. The van der Waals surface area contributed by atoms with E-state index < -0.39 is 24.5 Å². The normalized spacial score (nSPS) is 14.3. The lowest BCUT2D eigenvalue weighted by atomic mass is 10.0. The number of amides is 3. The Bertz CT molecular complexity index is 607. The molecule has 1 aromatic carbocycles. The van der Waals surface area contributed by atoms with Gasteiger partial charge in [0.2, 0.25) is 0 Å². The number of ether oxygens (including phenoxy) is 1. The van der Waals surface area contributed by atoms with Gasteiger partial charge in [0.15, 0.2) is 6.61 Å². The topological polar surface area (TPSA) is 84.5 Å². The Hall–Kier alpha value is -2.37. The minimum absolute atomic E-state index is 0.125. The Balaban J connectivity index is 1.78. The molecule has 1 saturated carbocycles. The second kappa shape index (κ2) is 7.76. The van der Waals surface area contributed by atoms with Gasteiger partial charge in [0.25, 0.3) is 5.91 Å². The first-order valence-electron chi connectivity index (χ1n) is 7.81. The first-order chi connectivity index (χ1) is 11.0. The van der Waals surface area contributed by atoms with Gasteiger partial charge in [-0.05, 0) is 43.9 Å². The second-order valence-electron chi connectivity index (χ2n) is 5.83. The van der Waals surface area contributed by atoms with Gasteiger partial charge in [-0.15, -0.1) is 0 Å². The number of benzene rings is 1. The Labute approximate surface area is 135 Å². The highest BCUT2D eigenvalue weighted by molar-refractivity contribution is 5.97. The molecule has 0 atom stereocenters. The molecular formula is C17H22N2O4. The van der Waals surface area contributed by atoms with E-state index in [4.69, 9.17) is 4.74 Å². The van der Waals surface area contributed by atoms with Gasteiger partial charge in [0, 0.05) is 6.04 Å². The van der Waals surface area contributed by atoms with Crippen LogP contribution >= 0.6 is 0 Å². The van der Waals surface area contributed by atoms with E-state index in [1.165, 1.54) is 0 Å². The molecule has 0 saturated heterocycles. The molecule has 0 heterocycles. The predicted octanol–water partition coefficient (Wildman–Crippen LogP) is 2.23. The lowest BCUT2D eigenvalue weighted by Crippen LogP contribution is -2.45. The maximum Gasteiger partial charge on any atom is 0.338 e. The van der Waals surface area contributed by atoms with Crippen LogP contribution in [0.4, 0.5) is 4.79 Å². The summed E-state index contributed by atoms with van der Waals surface area (Å²) in [5.41, 5.74) is 2.21. The van der Waals surface area contributed by atoms with Crippen LogP contribution < -0.4 is 10.6 Å². The van der Waals surface area contributed by atoms with Gasteiger partial charge in [0.05, 0.1) is 5.56 Å². The van der Waals surface area contributed by atoms with Crippen molar-refractivity contribution in [1.82, 2.24) is 10.6 Å². The molecule has 3 amide bonds. The van der Waals surface area contributed by atoms with E-state index in [0.29, 0.717) is 5.56 Å². The van der Waals surface area contributed by atoms with Crippen molar-refractivity contribution in [3.05, 3.63) is 34.9 Å². The summed E-state index contributed by atoms with van der Waals surface area (Å²) in [6.45, 7) is 3.23. The number of rotatable bonds is 4. The first-order valence-corrected chi connectivity index (χ1v) is 7.81. The summed E-state index contributed by atoms with van der Waals surface area (Å²) >= 11 is 0. The summed E-state index contributed by atoms with van der Waals surface area (Å²) in [7, 11) is 0. The molecular weight excluding hydrogens is 296 g/mol. The van der Waals surface area contributed by atoms with Crippen molar-refractivity contribution in [1.29, 1.82) is 0 Å². The first kappa shape index (κ1) is 17.0. The molecule has 0 aromatic heterocycles. The highest BCUT2D eigenvalue weighted by atomic mass is 16.5. The largest absolute Gasteiger partial charge is 0.452 e. The summed E-state index contributed by atoms with van der Waals surface area (Å²) < 4.78 is 4.97. The van der Waals surface area contributed by atoms with Crippen LogP contribution in [0, 0.1) is 13.8 Å². The van der Waals surface area contributed by atoms with E-state index in [0.717, 1.165) is 36.8 Å². The van der Waals surface area contributed by atoms with Crippen LogP contribution in [0.3, 0.4) is 0 Å². The second-order valence-corrected chi connectivity index (χ2v) is 5.83. The third kappa shape index (κ3) is 4.81. The van der Waals surface area contributed by atoms with Gasteiger partial charge in [-0.2, -0.15) is 0 Å². The summed E-state index contributed by atoms with van der Waals surface area (Å²) in [5, 5.41) is 4.91. The predicted molar refractivity (Wildman–Crippen MR) is 85.1 cm³/mol. The maximum atomic E-state index is 12.0. The smallest absolute Gasteiger partial charge is 0.338 e. The van der Waals surface area contributed by atoms with E-state index in [9.17, 15) is 14.4 Å². The van der Waals surface area contributed by atoms with E-state index >= 15 is 0 Å². The van der Waals surface area contributed by atoms with Crippen molar-refractivity contribution < 1.29 is 19.1 Å². The molecule has 124 valence electrons. The third-order valence-electron chi connectivity index (χ3n) is 4.10. The van der Waals surface area contributed by atoms with Crippen molar-refractivity contribution in [2.45, 2.75) is 45.6 Å². The average Bonchev–Trinajstić information content (AvgIpc) is 3.00. The third-order valence-corrected chi connectivity index (χ3v) is 4.10. The van der Waals surface area contributed by atoms with Crippen LogP contribution in [0.5, 0.6) is 0 Å². The molecule has 0 aliphatic heterocycles. The van der Waals surface area contributed by atoms with Crippen molar-refractivity contribution >= 4 is 17.9 Å². The fraction of sp³-hybridized carbons (Fsp3) is 0.471. The van der Waals surface area contributed by atoms with Gasteiger partial charge < -0.3 is 10.1 Å². The molecule has 1 aromatic rings. The van der Waals surface area contributed by atoms with Crippen LogP contribution in [0.1, 0.15) is 47.2 Å². The molecule has 1 aliphatic carbocycles. The number of imide groups is 1. The Morgan fingerprint density at radius 3 is 2.57 bits per heavy atom. The van der Waals surface area contributed by atoms with Crippen molar-refractivity contribution in [2.24, 2.45) is 0 Å². The van der Waals surface area contributed by atoms with Crippen LogP contribution in [-0.2, 0) is 9.53 Å². The number of hydrogen-bond donors (Lipinski definition) is 2. The average molecular weight is 318 g/mol. The molecule has 6 nitrogen and oxygen atoms in total. The summed E-state index contributed by atoms with van der Waals surface area (Å²) in [6.07, 6.45) is 4.05. The molecule has 6 heteroatoms. The van der Waals surface area contributed by atoms with E-state index in [1.807, 2.05) is 19.9 Å². The van der Waals surface area contributed by atoms with Crippen molar-refractivity contribution in [2.75, 3.05) is 6.61 Å². The highest BCUT2D eigenvalue weighted by Crippen LogP contribution is 2.17. The van der Waals surface area contributed by atoms with Gasteiger partial charge in [0.1, 0.15) is 0 Å². The van der Waals surface area contributed by atoms with Crippen LogP contribution in [0.25, 0.3) is 0 Å². The zero-order valence-electron chi connectivity index (χ0n) is 13.5. The minimum Gasteiger partial charge on any atom is -0.452 e. The van der Waals surface area contributed by atoms with Gasteiger partial charge in [-0.1, -0.05) is 25.0 Å². The quantitative estimate of drug-likeness (QED) is 0.834. The molecule has 2 N–H and O–H groups in total. The maximum absolute atomic E-state index is 12.0. The summed E-state index contributed by atoms with van der Waals surface area (Å²) in [6, 6.07) is 4.89. The van der Waals surface area contributed by atoms with Crippen molar-refractivity contribution in [3.63, 3.8) is 0 Å². The number of nitrogens with one attached hydrogen (secondary N) is 2. The lowest BCUT2D eigenvalue weighted by molar-refractivity contribution is -0.123. The van der Waals surface area contributed by atoms with Crippen molar-refractivity contribution in [3.8, 4) is 0 Å². The van der Waals surface area contributed by atoms with Gasteiger partial charge in [-0.3, -0.25) is 10.1 Å². The number of esters is 1. The molecule has 0 spiro atoms. The Kier molecular flexibility index (Phi) is 5.73. The molecule has 0 unspecified atom stereocenters. The van der Waals surface area contributed by atoms with Crippen LogP contribution in [0.2, 0.25) is 0 Å². The zero-order valence-corrected chi connectivity index (χ0v) is 13.5. The fourth-order valence-electron chi connectivity index (χ4n) is 2.64. The Morgan fingerprint density at radius 2 is 1.87 bits per heavy atom. The summed E-state index contributed by atoms with van der Waals surface area (Å²) in [4.78, 5) is 35.3. The minimum atomic E-state index is -0.640. The SMILES string of the molecule is Cc1cccc(C(=O)OCC(=O)NC(=O)NC2CCCC2)c1C. The van der Waals surface area contributed by atoms with E-state index in [1.54, 1.807) is 12.1 Å². The monoisotopic (exact) mass is 318 g/mol. The standard InChI is InChI=1S/C17H22N2O4/c1-11-6-5-9-14(12(11)2)16(21)23-10-15(20)19-17(22)18-13-7-3-4-8-13/h5-6,9,13H,3-4,7-8,10H2,1-2H3,(H2,18,19,20,22). The zero-order chi connectivity index (χ0) is 16.8.